The summed E-state index contributed by atoms with van der Waals surface area (Å²) in [6.07, 6.45) is -0.0911. The van der Waals surface area contributed by atoms with Crippen LogP contribution in [0.15, 0.2) is 24.3 Å². The fourth-order valence-corrected chi connectivity index (χ4v) is 4.88. The first-order chi connectivity index (χ1) is 12.7. The van der Waals surface area contributed by atoms with E-state index < -0.39 is 46.1 Å². The first kappa shape index (κ1) is 19.2. The van der Waals surface area contributed by atoms with Crippen molar-refractivity contribution in [3.63, 3.8) is 0 Å². The van der Waals surface area contributed by atoms with Crippen molar-refractivity contribution in [2.24, 2.45) is 0 Å². The van der Waals surface area contributed by atoms with Crippen molar-refractivity contribution >= 4 is 35.5 Å². The topological polar surface area (TPSA) is 133 Å². The lowest BCUT2D eigenvalue weighted by molar-refractivity contribution is -0.166. The molecule has 2 saturated heterocycles. The number of hydrogen-bond acceptors (Lipinski definition) is 6. The highest BCUT2D eigenvalue weighted by Crippen LogP contribution is 2.51. The van der Waals surface area contributed by atoms with Crippen LogP contribution in [0, 0.1) is 0 Å². The van der Waals surface area contributed by atoms with E-state index in [1.54, 1.807) is 13.0 Å². The summed E-state index contributed by atoms with van der Waals surface area (Å²) in [4.78, 5) is 47.3. The molecule has 0 aromatic heterocycles. The average Bonchev–Trinajstić information content (AvgIpc) is 2.90. The lowest BCUT2D eigenvalue weighted by Gasteiger charge is -2.43. The van der Waals surface area contributed by atoms with Crippen molar-refractivity contribution in [1.82, 2.24) is 10.2 Å². The quantitative estimate of drug-likeness (QED) is 0.581. The lowest BCUT2D eigenvalue weighted by Crippen LogP contribution is -2.70. The molecular formula is C17H18N2O7S. The van der Waals surface area contributed by atoms with Crippen molar-refractivity contribution in [2.45, 2.75) is 35.7 Å². The van der Waals surface area contributed by atoms with E-state index in [0.717, 1.165) is 0 Å². The minimum absolute atomic E-state index is 0.0673. The zero-order valence-corrected chi connectivity index (χ0v) is 15.4. The highest BCUT2D eigenvalue weighted by molar-refractivity contribution is 8.01. The zero-order chi connectivity index (χ0) is 19.9. The van der Waals surface area contributed by atoms with Gasteiger partial charge in [-0.3, -0.25) is 9.59 Å². The second-order valence-electron chi connectivity index (χ2n) is 6.44. The highest BCUT2D eigenvalue weighted by atomic mass is 32.2. The van der Waals surface area contributed by atoms with E-state index in [-0.39, 0.29) is 12.0 Å². The molecule has 4 atom stereocenters. The monoisotopic (exact) mass is 394 g/mol. The zero-order valence-electron chi connectivity index (χ0n) is 14.5. The van der Waals surface area contributed by atoms with E-state index in [0.29, 0.717) is 5.56 Å². The van der Waals surface area contributed by atoms with Gasteiger partial charge in [0.2, 0.25) is 11.8 Å². The summed E-state index contributed by atoms with van der Waals surface area (Å²) < 4.78 is 5.31. The molecule has 0 spiro atoms. The number of nitrogens with zero attached hydrogens (tertiary/aromatic N) is 1. The van der Waals surface area contributed by atoms with E-state index in [1.807, 2.05) is 0 Å². The second-order valence-corrected chi connectivity index (χ2v) is 7.97. The van der Waals surface area contributed by atoms with Gasteiger partial charge in [0.05, 0.1) is 12.0 Å². The smallest absolute Gasteiger partial charge is 0.335 e. The number of methoxy groups -OCH3 is 1. The Hall–Kier alpha value is -2.59. The Balaban J connectivity index is 1.68. The van der Waals surface area contributed by atoms with Gasteiger partial charge in [0.15, 0.2) is 6.04 Å². The summed E-state index contributed by atoms with van der Waals surface area (Å²) in [5.74, 6) is -3.19. The number of fused-ring (bicyclic) bond motifs is 1. The fraction of sp³-hybridized carbons (Fsp3) is 0.412. The normalized spacial score (nSPS) is 29.0. The second kappa shape index (κ2) is 6.86. The van der Waals surface area contributed by atoms with Gasteiger partial charge in [-0.1, -0.05) is 23.9 Å². The maximum Gasteiger partial charge on any atom is 0.335 e. The van der Waals surface area contributed by atoms with Crippen LogP contribution in [0.5, 0.6) is 0 Å². The Kier molecular flexibility index (Phi) is 4.87. The molecule has 2 aliphatic rings. The Labute approximate surface area is 158 Å². The first-order valence-corrected chi connectivity index (χ1v) is 8.95. The summed E-state index contributed by atoms with van der Waals surface area (Å²) in [5, 5.41) is 20.5. The van der Waals surface area contributed by atoms with E-state index in [2.05, 4.69) is 5.32 Å². The van der Waals surface area contributed by atoms with Crippen molar-refractivity contribution in [1.29, 1.82) is 0 Å². The third-order valence-electron chi connectivity index (χ3n) is 4.70. The molecule has 2 heterocycles. The molecule has 3 rings (SSSR count). The molecule has 144 valence electrons. The Morgan fingerprint density at radius 3 is 2.63 bits per heavy atom. The number of nitrogens with one attached hydrogen (secondary N) is 1. The molecule has 27 heavy (non-hydrogen) atoms. The Morgan fingerprint density at radius 1 is 1.33 bits per heavy atom. The minimum Gasteiger partial charge on any atom is -0.480 e. The SMILES string of the molecule is CO[C@@]1(C)S[C@H]2C(NC(=O)Cc3cccc(C(=O)O)c3)C(=O)N2C1C(=O)O. The van der Waals surface area contributed by atoms with Crippen molar-refractivity contribution in [3.05, 3.63) is 35.4 Å². The molecule has 3 N–H and O–H groups in total. The Bertz CT molecular complexity index is 829. The van der Waals surface area contributed by atoms with E-state index >= 15 is 0 Å². The van der Waals surface area contributed by atoms with Crippen LogP contribution in [-0.2, 0) is 25.5 Å². The highest BCUT2D eigenvalue weighted by Gasteiger charge is 2.66. The maximum atomic E-state index is 12.4. The molecule has 10 heteroatoms. The van der Waals surface area contributed by atoms with Crippen LogP contribution in [0.2, 0.25) is 0 Å². The van der Waals surface area contributed by atoms with Gasteiger partial charge in [0, 0.05) is 7.11 Å². The van der Waals surface area contributed by atoms with Crippen LogP contribution in [0.1, 0.15) is 22.8 Å². The predicted octanol–water partition coefficient (Wildman–Crippen LogP) is 0.143. The number of hydrogen-bond donors (Lipinski definition) is 3. The number of aromatic carboxylic acids is 1. The molecular weight excluding hydrogens is 376 g/mol. The maximum absolute atomic E-state index is 12.4. The molecule has 2 fully saturated rings. The van der Waals surface area contributed by atoms with Crippen LogP contribution in [0.3, 0.4) is 0 Å². The molecule has 0 bridgehead atoms. The first-order valence-electron chi connectivity index (χ1n) is 8.07. The molecule has 2 aliphatic heterocycles. The number of carbonyl (C=O) groups excluding carboxylic acids is 2. The van der Waals surface area contributed by atoms with Crippen molar-refractivity contribution < 1.29 is 34.1 Å². The fourth-order valence-electron chi connectivity index (χ4n) is 3.30. The summed E-state index contributed by atoms with van der Waals surface area (Å²) in [6, 6.07) is 3.99. The van der Waals surface area contributed by atoms with E-state index in [4.69, 9.17) is 9.84 Å². The number of benzene rings is 1. The summed E-state index contributed by atoms with van der Waals surface area (Å²) in [6.45, 7) is 1.60. The summed E-state index contributed by atoms with van der Waals surface area (Å²) in [7, 11) is 1.38. The molecule has 0 saturated carbocycles. The number of aliphatic carboxylic acids is 1. The molecule has 2 amide bonds. The van der Waals surface area contributed by atoms with Gasteiger partial charge in [-0.2, -0.15) is 0 Å². The number of rotatable bonds is 6. The van der Waals surface area contributed by atoms with Crippen LogP contribution >= 0.6 is 11.8 Å². The van der Waals surface area contributed by atoms with Crippen LogP contribution < -0.4 is 5.32 Å². The van der Waals surface area contributed by atoms with Crippen LogP contribution in [0.4, 0.5) is 0 Å². The van der Waals surface area contributed by atoms with Crippen molar-refractivity contribution in [3.8, 4) is 0 Å². The van der Waals surface area contributed by atoms with Gasteiger partial charge in [-0.15, -0.1) is 0 Å². The van der Waals surface area contributed by atoms with Gasteiger partial charge in [0.25, 0.3) is 0 Å². The summed E-state index contributed by atoms with van der Waals surface area (Å²) in [5.41, 5.74) is 0.568. The standard InChI is InChI=1S/C17H18N2O7S/c1-17(26-2)12(16(24)25)19-13(21)11(14(19)27-17)18-10(20)7-8-4-3-5-9(6-8)15(22)23/h3-6,11-12,14H,7H2,1-2H3,(H,18,20)(H,22,23)(H,24,25)/t11?,12?,14-,17-/m0/s1. The molecule has 2 unspecified atom stereocenters. The number of amides is 2. The third-order valence-corrected chi connectivity index (χ3v) is 6.30. The lowest BCUT2D eigenvalue weighted by atomic mass is 10.00. The number of carboxylic acids is 2. The molecule has 0 aliphatic carbocycles. The average molecular weight is 394 g/mol. The number of carbonyl (C=O) groups is 4. The molecule has 1 aromatic carbocycles. The Morgan fingerprint density at radius 2 is 2.04 bits per heavy atom. The van der Waals surface area contributed by atoms with E-state index in [1.165, 1.54) is 42.0 Å². The van der Waals surface area contributed by atoms with Gasteiger partial charge in [0.1, 0.15) is 16.3 Å². The van der Waals surface area contributed by atoms with E-state index in [9.17, 15) is 24.3 Å². The van der Waals surface area contributed by atoms with Crippen molar-refractivity contribution in [2.75, 3.05) is 7.11 Å². The number of ether oxygens (including phenoxy) is 1. The minimum atomic E-state index is -1.17. The largest absolute Gasteiger partial charge is 0.480 e. The van der Waals surface area contributed by atoms with Gasteiger partial charge < -0.3 is 25.2 Å². The number of thioether (sulfide) groups is 1. The van der Waals surface area contributed by atoms with Gasteiger partial charge >= 0.3 is 11.9 Å². The van der Waals surface area contributed by atoms with Gasteiger partial charge in [-0.25, -0.2) is 9.59 Å². The third kappa shape index (κ3) is 3.26. The van der Waals surface area contributed by atoms with Crippen LogP contribution in [-0.4, -0.2) is 68.4 Å². The predicted molar refractivity (Wildman–Crippen MR) is 94.1 cm³/mol. The number of carboxylic acid groups (broad SMARTS) is 2. The number of β-lactam (4-membered cyclic amide) rings is 1. The molecule has 0 radical (unpaired) electrons. The molecule has 1 aromatic rings. The van der Waals surface area contributed by atoms with Gasteiger partial charge in [-0.05, 0) is 24.6 Å². The molecule has 9 nitrogen and oxygen atoms in total. The summed E-state index contributed by atoms with van der Waals surface area (Å²) >= 11 is 1.18. The van der Waals surface area contributed by atoms with Crippen LogP contribution in [0.25, 0.3) is 0 Å².